The first-order valence-electron chi connectivity index (χ1n) is 8.39. The van der Waals surface area contributed by atoms with Gasteiger partial charge in [-0.15, -0.1) is 0 Å². The van der Waals surface area contributed by atoms with E-state index in [9.17, 15) is 4.79 Å². The Kier molecular flexibility index (Phi) is 4.28. The molecule has 1 aliphatic rings. The smallest absolute Gasteiger partial charge is 0.317 e. The third-order valence-electron chi connectivity index (χ3n) is 4.70. The number of halogens is 1. The summed E-state index contributed by atoms with van der Waals surface area (Å²) in [6.45, 7) is 0.730. The summed E-state index contributed by atoms with van der Waals surface area (Å²) in [5.74, 6) is 0. The van der Waals surface area contributed by atoms with Gasteiger partial charge in [0, 0.05) is 34.7 Å². The van der Waals surface area contributed by atoms with Gasteiger partial charge in [-0.25, -0.2) is 4.79 Å². The monoisotopic (exact) mass is 351 g/mol. The second kappa shape index (κ2) is 6.73. The molecule has 2 aromatic carbocycles. The van der Waals surface area contributed by atoms with Crippen molar-refractivity contribution in [3.63, 3.8) is 0 Å². The van der Waals surface area contributed by atoms with Gasteiger partial charge in [0.25, 0.3) is 0 Å². The van der Waals surface area contributed by atoms with Crippen molar-refractivity contribution in [3.8, 4) is 0 Å². The van der Waals surface area contributed by atoms with Crippen molar-refractivity contribution < 1.29 is 4.79 Å². The van der Waals surface area contributed by atoms with Crippen molar-refractivity contribution in [2.45, 2.75) is 18.9 Å². The third kappa shape index (κ3) is 3.05. The number of likely N-dealkylation sites (tertiary alicyclic amines) is 1. The van der Waals surface area contributed by atoms with Gasteiger partial charge in [-0.2, -0.15) is 0 Å². The van der Waals surface area contributed by atoms with Crippen LogP contribution in [0.15, 0.2) is 60.9 Å². The Morgan fingerprint density at radius 2 is 2.04 bits per heavy atom. The average molecular weight is 352 g/mol. The van der Waals surface area contributed by atoms with Crippen LogP contribution >= 0.6 is 11.6 Å². The van der Waals surface area contributed by atoms with Crippen LogP contribution < -0.4 is 5.32 Å². The Hall–Kier alpha value is -2.59. The van der Waals surface area contributed by atoms with Crippen molar-refractivity contribution >= 4 is 34.1 Å². The van der Waals surface area contributed by atoms with E-state index in [-0.39, 0.29) is 12.1 Å². The molecule has 1 atom stereocenters. The number of hydrogen-bond acceptors (Lipinski definition) is 2. The molecule has 2 amide bonds. The predicted octanol–water partition coefficient (Wildman–Crippen LogP) is 5.26. The van der Waals surface area contributed by atoms with Gasteiger partial charge in [0.15, 0.2) is 0 Å². The number of urea groups is 1. The molecule has 25 heavy (non-hydrogen) atoms. The van der Waals surface area contributed by atoms with Crippen molar-refractivity contribution in [2.24, 2.45) is 0 Å². The summed E-state index contributed by atoms with van der Waals surface area (Å²) in [5.41, 5.74) is 1.81. The molecule has 1 saturated heterocycles. The summed E-state index contributed by atoms with van der Waals surface area (Å²) in [5, 5.41) is 5.76. The Balaban J connectivity index is 1.61. The van der Waals surface area contributed by atoms with Crippen molar-refractivity contribution in [1.82, 2.24) is 9.88 Å². The van der Waals surface area contributed by atoms with E-state index in [4.69, 9.17) is 11.6 Å². The molecule has 3 aromatic rings. The van der Waals surface area contributed by atoms with Crippen molar-refractivity contribution in [3.05, 3.63) is 71.5 Å². The Morgan fingerprint density at radius 3 is 2.92 bits per heavy atom. The summed E-state index contributed by atoms with van der Waals surface area (Å²) in [7, 11) is 0. The molecule has 0 saturated carbocycles. The van der Waals surface area contributed by atoms with E-state index in [0.29, 0.717) is 5.02 Å². The SMILES string of the molecule is O=C(Nc1cccc2cnccc12)N1CCC[C@@H]1c1ccccc1Cl. The minimum atomic E-state index is -0.0910. The Bertz CT molecular complexity index is 922. The fourth-order valence-electron chi connectivity index (χ4n) is 3.50. The third-order valence-corrected chi connectivity index (χ3v) is 5.04. The number of rotatable bonds is 2. The zero-order chi connectivity index (χ0) is 17.2. The maximum atomic E-state index is 12.9. The molecular formula is C20H18ClN3O. The molecule has 2 heterocycles. The van der Waals surface area contributed by atoms with Crippen LogP contribution in [0.1, 0.15) is 24.4 Å². The minimum Gasteiger partial charge on any atom is -0.317 e. The van der Waals surface area contributed by atoms with E-state index in [1.165, 1.54) is 0 Å². The number of fused-ring (bicyclic) bond motifs is 1. The lowest BCUT2D eigenvalue weighted by Gasteiger charge is -2.26. The van der Waals surface area contributed by atoms with E-state index >= 15 is 0 Å². The topological polar surface area (TPSA) is 45.2 Å². The highest BCUT2D eigenvalue weighted by Crippen LogP contribution is 2.36. The molecule has 126 valence electrons. The number of carbonyl (C=O) groups is 1. The normalized spacial score (nSPS) is 17.0. The highest BCUT2D eigenvalue weighted by atomic mass is 35.5. The minimum absolute atomic E-state index is 0.0188. The van der Waals surface area contributed by atoms with Crippen LogP contribution in [-0.2, 0) is 0 Å². The van der Waals surface area contributed by atoms with Gasteiger partial charge in [0.1, 0.15) is 0 Å². The molecule has 0 radical (unpaired) electrons. The maximum absolute atomic E-state index is 12.9. The van der Waals surface area contributed by atoms with Crippen LogP contribution in [0.5, 0.6) is 0 Å². The summed E-state index contributed by atoms with van der Waals surface area (Å²) < 4.78 is 0. The number of hydrogen-bond donors (Lipinski definition) is 1. The number of anilines is 1. The molecular weight excluding hydrogens is 334 g/mol. The van der Waals surface area contributed by atoms with E-state index < -0.39 is 0 Å². The van der Waals surface area contributed by atoms with Crippen LogP contribution in [0.25, 0.3) is 10.8 Å². The number of aromatic nitrogens is 1. The highest BCUT2D eigenvalue weighted by Gasteiger charge is 2.31. The number of benzene rings is 2. The molecule has 0 unspecified atom stereocenters. The average Bonchev–Trinajstić information content (AvgIpc) is 3.12. The largest absolute Gasteiger partial charge is 0.322 e. The van der Waals surface area contributed by atoms with Gasteiger partial charge in [-0.3, -0.25) is 4.98 Å². The number of nitrogens with zero attached hydrogens (tertiary/aromatic N) is 2. The number of amides is 2. The summed E-state index contributed by atoms with van der Waals surface area (Å²) in [4.78, 5) is 18.9. The first kappa shape index (κ1) is 15.9. The first-order valence-corrected chi connectivity index (χ1v) is 8.76. The molecule has 1 aromatic heterocycles. The Labute approximate surface area is 151 Å². The zero-order valence-corrected chi connectivity index (χ0v) is 14.4. The predicted molar refractivity (Wildman–Crippen MR) is 101 cm³/mol. The van der Waals surface area contributed by atoms with Gasteiger partial charge in [0.2, 0.25) is 0 Å². The van der Waals surface area contributed by atoms with Crippen LogP contribution in [0, 0.1) is 0 Å². The summed E-state index contributed by atoms with van der Waals surface area (Å²) in [6, 6.07) is 15.4. The van der Waals surface area contributed by atoms with Gasteiger partial charge in [0.05, 0.1) is 11.7 Å². The van der Waals surface area contributed by atoms with Crippen LogP contribution in [-0.4, -0.2) is 22.5 Å². The van der Waals surface area contributed by atoms with Crippen molar-refractivity contribution in [1.29, 1.82) is 0 Å². The Morgan fingerprint density at radius 1 is 1.16 bits per heavy atom. The number of nitrogens with one attached hydrogen (secondary N) is 1. The van der Waals surface area contributed by atoms with E-state index in [0.717, 1.165) is 41.4 Å². The summed E-state index contributed by atoms with van der Waals surface area (Å²) >= 11 is 6.35. The second-order valence-electron chi connectivity index (χ2n) is 6.21. The number of carbonyl (C=O) groups excluding carboxylic acids is 1. The molecule has 1 aliphatic heterocycles. The number of pyridine rings is 1. The summed E-state index contributed by atoms with van der Waals surface area (Å²) in [6.07, 6.45) is 5.44. The molecule has 4 nitrogen and oxygen atoms in total. The second-order valence-corrected chi connectivity index (χ2v) is 6.61. The van der Waals surface area contributed by atoms with Crippen LogP contribution in [0.3, 0.4) is 0 Å². The lowest BCUT2D eigenvalue weighted by atomic mass is 10.0. The van der Waals surface area contributed by atoms with Gasteiger partial charge in [-0.05, 0) is 36.6 Å². The lowest BCUT2D eigenvalue weighted by Crippen LogP contribution is -2.34. The quantitative estimate of drug-likeness (QED) is 0.684. The molecule has 0 aliphatic carbocycles. The molecule has 0 bridgehead atoms. The fourth-order valence-corrected chi connectivity index (χ4v) is 3.76. The first-order chi connectivity index (χ1) is 12.2. The highest BCUT2D eigenvalue weighted by molar-refractivity contribution is 6.31. The molecule has 5 heteroatoms. The standard InChI is InChI=1S/C20H18ClN3O/c21-17-7-2-1-6-16(17)19-9-4-12-24(19)20(25)23-18-8-3-5-14-13-22-11-10-15(14)18/h1-3,5-8,10-11,13,19H,4,9,12H2,(H,23,25)/t19-/m1/s1. The van der Waals surface area contributed by atoms with Crippen LogP contribution in [0.2, 0.25) is 5.02 Å². The molecule has 0 spiro atoms. The van der Waals surface area contributed by atoms with Gasteiger partial charge in [-0.1, -0.05) is 41.9 Å². The van der Waals surface area contributed by atoms with E-state index in [1.807, 2.05) is 53.4 Å². The zero-order valence-electron chi connectivity index (χ0n) is 13.7. The van der Waals surface area contributed by atoms with Gasteiger partial charge >= 0.3 is 6.03 Å². The lowest BCUT2D eigenvalue weighted by molar-refractivity contribution is 0.207. The molecule has 1 N–H and O–H groups in total. The van der Waals surface area contributed by atoms with Crippen LogP contribution in [0.4, 0.5) is 10.5 Å². The molecule has 1 fully saturated rings. The van der Waals surface area contributed by atoms with E-state index in [1.54, 1.807) is 12.4 Å². The molecule has 4 rings (SSSR count). The van der Waals surface area contributed by atoms with Crippen molar-refractivity contribution in [2.75, 3.05) is 11.9 Å². The fraction of sp³-hybridized carbons (Fsp3) is 0.200. The van der Waals surface area contributed by atoms with Gasteiger partial charge < -0.3 is 10.2 Å². The maximum Gasteiger partial charge on any atom is 0.322 e. The van der Waals surface area contributed by atoms with E-state index in [2.05, 4.69) is 10.3 Å².